The first-order valence-corrected chi connectivity index (χ1v) is 5.02. The summed E-state index contributed by atoms with van der Waals surface area (Å²) in [6.07, 6.45) is 3.11. The number of nitriles is 1. The summed E-state index contributed by atoms with van der Waals surface area (Å²) >= 11 is 0. The predicted molar refractivity (Wildman–Crippen MR) is 65.7 cm³/mol. The SMILES string of the molecule is CN(c1cccc(C#N)c1)c1cncc(N)n1. The molecule has 2 N–H and O–H groups in total. The van der Waals surface area contributed by atoms with Crippen LogP contribution >= 0.6 is 0 Å². The number of hydrogen-bond donors (Lipinski definition) is 1. The lowest BCUT2D eigenvalue weighted by Crippen LogP contribution is -2.12. The van der Waals surface area contributed by atoms with Crippen LogP contribution in [0.25, 0.3) is 0 Å². The first kappa shape index (κ1) is 10.9. The van der Waals surface area contributed by atoms with Crippen LogP contribution in [0.15, 0.2) is 36.7 Å². The zero-order valence-electron chi connectivity index (χ0n) is 9.33. The molecule has 2 rings (SSSR count). The van der Waals surface area contributed by atoms with Crippen LogP contribution < -0.4 is 10.6 Å². The summed E-state index contributed by atoms with van der Waals surface area (Å²) in [7, 11) is 1.85. The molecule has 0 unspecified atom stereocenters. The van der Waals surface area contributed by atoms with E-state index < -0.39 is 0 Å². The van der Waals surface area contributed by atoms with Crippen LogP contribution in [0.3, 0.4) is 0 Å². The van der Waals surface area contributed by atoms with E-state index in [0.717, 1.165) is 5.69 Å². The van der Waals surface area contributed by atoms with Gasteiger partial charge >= 0.3 is 0 Å². The van der Waals surface area contributed by atoms with Crippen molar-refractivity contribution in [3.8, 4) is 6.07 Å². The Morgan fingerprint density at radius 3 is 2.88 bits per heavy atom. The lowest BCUT2D eigenvalue weighted by atomic mass is 10.2. The molecule has 0 aliphatic heterocycles. The molecule has 84 valence electrons. The molecule has 1 aromatic carbocycles. The van der Waals surface area contributed by atoms with E-state index in [9.17, 15) is 0 Å². The van der Waals surface area contributed by atoms with E-state index in [1.807, 2.05) is 24.1 Å². The van der Waals surface area contributed by atoms with E-state index in [0.29, 0.717) is 17.2 Å². The molecule has 0 radical (unpaired) electrons. The van der Waals surface area contributed by atoms with Crippen LogP contribution in [-0.2, 0) is 0 Å². The monoisotopic (exact) mass is 225 g/mol. The Labute approximate surface area is 99.1 Å². The summed E-state index contributed by atoms with van der Waals surface area (Å²) < 4.78 is 0. The van der Waals surface area contributed by atoms with Crippen molar-refractivity contribution in [1.82, 2.24) is 9.97 Å². The maximum Gasteiger partial charge on any atom is 0.153 e. The second-order valence-electron chi connectivity index (χ2n) is 3.52. The third kappa shape index (κ3) is 2.32. The van der Waals surface area contributed by atoms with Crippen molar-refractivity contribution in [2.45, 2.75) is 0 Å². The smallest absolute Gasteiger partial charge is 0.153 e. The van der Waals surface area contributed by atoms with E-state index in [1.165, 1.54) is 6.20 Å². The summed E-state index contributed by atoms with van der Waals surface area (Å²) in [4.78, 5) is 9.97. The molecular formula is C12H11N5. The maximum atomic E-state index is 8.84. The van der Waals surface area contributed by atoms with Gasteiger partial charge in [0.1, 0.15) is 5.82 Å². The molecule has 17 heavy (non-hydrogen) atoms. The summed E-state index contributed by atoms with van der Waals surface area (Å²) in [5.74, 6) is 1.01. The first-order chi connectivity index (χ1) is 8.20. The lowest BCUT2D eigenvalue weighted by molar-refractivity contribution is 1.09. The van der Waals surface area contributed by atoms with Crippen molar-refractivity contribution in [1.29, 1.82) is 5.26 Å². The topological polar surface area (TPSA) is 78.8 Å². The molecule has 5 nitrogen and oxygen atoms in total. The van der Waals surface area contributed by atoms with Crippen LogP contribution in [0, 0.1) is 11.3 Å². The Morgan fingerprint density at radius 2 is 2.18 bits per heavy atom. The van der Waals surface area contributed by atoms with E-state index >= 15 is 0 Å². The highest BCUT2D eigenvalue weighted by atomic mass is 15.2. The molecule has 0 atom stereocenters. The number of nitrogens with two attached hydrogens (primary N) is 1. The van der Waals surface area contributed by atoms with Gasteiger partial charge in [-0.25, -0.2) is 4.98 Å². The fourth-order valence-electron chi connectivity index (χ4n) is 1.45. The van der Waals surface area contributed by atoms with Gasteiger partial charge in [-0.05, 0) is 18.2 Å². The van der Waals surface area contributed by atoms with E-state index in [4.69, 9.17) is 11.0 Å². The van der Waals surface area contributed by atoms with Crippen LogP contribution in [-0.4, -0.2) is 17.0 Å². The minimum Gasteiger partial charge on any atom is -0.382 e. The quantitative estimate of drug-likeness (QED) is 0.841. The molecule has 1 aromatic heterocycles. The van der Waals surface area contributed by atoms with Gasteiger partial charge in [-0.2, -0.15) is 5.26 Å². The average molecular weight is 225 g/mol. The Kier molecular flexibility index (Phi) is 2.88. The average Bonchev–Trinajstić information content (AvgIpc) is 2.38. The molecule has 0 amide bonds. The number of benzene rings is 1. The molecule has 1 heterocycles. The second kappa shape index (κ2) is 4.49. The molecule has 2 aromatic rings. The van der Waals surface area contributed by atoms with Gasteiger partial charge in [-0.15, -0.1) is 0 Å². The van der Waals surface area contributed by atoms with Gasteiger partial charge < -0.3 is 10.6 Å². The summed E-state index contributed by atoms with van der Waals surface area (Å²) in [5.41, 5.74) is 7.05. The molecule has 0 spiro atoms. The van der Waals surface area contributed by atoms with E-state index in [2.05, 4.69) is 16.0 Å². The number of anilines is 3. The minimum absolute atomic E-state index is 0.366. The van der Waals surface area contributed by atoms with Crippen LogP contribution in [0.4, 0.5) is 17.3 Å². The second-order valence-corrected chi connectivity index (χ2v) is 3.52. The minimum atomic E-state index is 0.366. The summed E-state index contributed by atoms with van der Waals surface area (Å²) in [6.45, 7) is 0. The normalized spacial score (nSPS) is 9.65. The largest absolute Gasteiger partial charge is 0.382 e. The Bertz CT molecular complexity index is 573. The van der Waals surface area contributed by atoms with Gasteiger partial charge in [0.25, 0.3) is 0 Å². The van der Waals surface area contributed by atoms with E-state index in [-0.39, 0.29) is 0 Å². The zero-order chi connectivity index (χ0) is 12.3. The number of rotatable bonds is 2. The van der Waals surface area contributed by atoms with Crippen molar-refractivity contribution in [2.75, 3.05) is 17.7 Å². The standard InChI is InChI=1S/C12H11N5/c1-17(12-8-15-7-11(14)16-12)10-4-2-3-9(5-10)6-13/h2-5,7-8H,1H3,(H2,14,16). The highest BCUT2D eigenvalue weighted by Gasteiger charge is 2.06. The Morgan fingerprint density at radius 1 is 1.35 bits per heavy atom. The molecule has 0 bridgehead atoms. The molecule has 5 heteroatoms. The van der Waals surface area contributed by atoms with Crippen molar-refractivity contribution in [3.63, 3.8) is 0 Å². The fourth-order valence-corrected chi connectivity index (χ4v) is 1.45. The first-order valence-electron chi connectivity index (χ1n) is 5.02. The van der Waals surface area contributed by atoms with Crippen LogP contribution in [0.1, 0.15) is 5.56 Å². The fraction of sp³-hybridized carbons (Fsp3) is 0.0833. The third-order valence-electron chi connectivity index (χ3n) is 2.35. The van der Waals surface area contributed by atoms with Crippen molar-refractivity contribution >= 4 is 17.3 Å². The van der Waals surface area contributed by atoms with Crippen molar-refractivity contribution < 1.29 is 0 Å². The zero-order valence-corrected chi connectivity index (χ0v) is 9.33. The van der Waals surface area contributed by atoms with Gasteiger partial charge in [-0.1, -0.05) is 6.07 Å². The molecule has 0 saturated heterocycles. The Hall–Kier alpha value is -2.61. The number of nitrogens with zero attached hydrogens (tertiary/aromatic N) is 4. The molecule has 0 fully saturated rings. The predicted octanol–water partition coefficient (Wildman–Crippen LogP) is 1.70. The third-order valence-corrected chi connectivity index (χ3v) is 2.35. The van der Waals surface area contributed by atoms with Gasteiger partial charge in [0.2, 0.25) is 0 Å². The highest BCUT2D eigenvalue weighted by Crippen LogP contribution is 2.22. The molecule has 0 saturated carbocycles. The van der Waals surface area contributed by atoms with Crippen LogP contribution in [0.5, 0.6) is 0 Å². The number of aromatic nitrogens is 2. The van der Waals surface area contributed by atoms with Crippen molar-refractivity contribution in [3.05, 3.63) is 42.2 Å². The highest BCUT2D eigenvalue weighted by molar-refractivity contribution is 5.61. The van der Waals surface area contributed by atoms with E-state index in [1.54, 1.807) is 18.3 Å². The number of nitrogen functional groups attached to an aromatic ring is 1. The van der Waals surface area contributed by atoms with Gasteiger partial charge in [-0.3, -0.25) is 4.98 Å². The van der Waals surface area contributed by atoms with Gasteiger partial charge in [0.05, 0.1) is 24.0 Å². The van der Waals surface area contributed by atoms with Gasteiger partial charge in [0, 0.05) is 12.7 Å². The van der Waals surface area contributed by atoms with Crippen molar-refractivity contribution in [2.24, 2.45) is 0 Å². The summed E-state index contributed by atoms with van der Waals surface area (Å²) in [6, 6.07) is 9.35. The summed E-state index contributed by atoms with van der Waals surface area (Å²) in [5, 5.41) is 8.84. The Balaban J connectivity index is 2.37. The molecule has 0 aliphatic rings. The number of hydrogen-bond acceptors (Lipinski definition) is 5. The molecule has 0 aliphatic carbocycles. The lowest BCUT2D eigenvalue weighted by Gasteiger charge is -2.18. The molecular weight excluding hydrogens is 214 g/mol. The van der Waals surface area contributed by atoms with Gasteiger partial charge in [0.15, 0.2) is 5.82 Å². The van der Waals surface area contributed by atoms with Crippen LogP contribution in [0.2, 0.25) is 0 Å². The maximum absolute atomic E-state index is 8.84.